The van der Waals surface area contributed by atoms with Gasteiger partial charge in [-0.3, -0.25) is 9.78 Å². The van der Waals surface area contributed by atoms with Crippen LogP contribution in [0.3, 0.4) is 0 Å². The fourth-order valence-electron chi connectivity index (χ4n) is 2.97. The maximum atomic E-state index is 12.3. The molecule has 0 aliphatic rings. The number of pyridine rings is 1. The number of amides is 1. The molecule has 6 heteroatoms. The molecule has 5 nitrogen and oxygen atoms in total. The van der Waals surface area contributed by atoms with E-state index in [1.54, 1.807) is 24.2 Å². The molecule has 31 heavy (non-hydrogen) atoms. The highest BCUT2D eigenvalue weighted by atomic mass is 32.2. The van der Waals surface area contributed by atoms with Gasteiger partial charge in [-0.15, -0.1) is 10.2 Å². The predicted molar refractivity (Wildman–Crippen MR) is 124 cm³/mol. The van der Waals surface area contributed by atoms with Crippen LogP contribution in [0.2, 0.25) is 0 Å². The highest BCUT2D eigenvalue weighted by Gasteiger charge is 2.06. The molecule has 1 amide bonds. The lowest BCUT2D eigenvalue weighted by atomic mass is 10.1. The van der Waals surface area contributed by atoms with E-state index in [0.29, 0.717) is 12.1 Å². The van der Waals surface area contributed by atoms with Gasteiger partial charge in [-0.25, -0.2) is 0 Å². The average molecular weight is 427 g/mol. The number of nitrogens with one attached hydrogen (secondary N) is 1. The first-order valence-electron chi connectivity index (χ1n) is 9.97. The molecule has 0 bridgehead atoms. The minimum absolute atomic E-state index is 0.0967. The number of benzene rings is 2. The molecule has 0 saturated carbocycles. The third-order valence-corrected chi connectivity index (χ3v) is 5.76. The lowest BCUT2D eigenvalue weighted by Gasteiger charge is -2.07. The molecule has 0 aliphatic heterocycles. The number of carbonyl (C=O) groups is 1. The molecule has 1 N–H and O–H groups in total. The van der Waals surface area contributed by atoms with Gasteiger partial charge in [-0.1, -0.05) is 59.8 Å². The van der Waals surface area contributed by atoms with Crippen molar-refractivity contribution in [1.82, 2.24) is 20.5 Å². The monoisotopic (exact) mass is 426 g/mol. The van der Waals surface area contributed by atoms with Crippen LogP contribution in [-0.2, 0) is 12.3 Å². The van der Waals surface area contributed by atoms with Crippen LogP contribution in [0.25, 0.3) is 11.3 Å². The summed E-state index contributed by atoms with van der Waals surface area (Å²) in [7, 11) is 0. The Bertz CT molecular complexity index is 1130. The van der Waals surface area contributed by atoms with Crippen molar-refractivity contribution in [1.29, 1.82) is 0 Å². The quantitative estimate of drug-likeness (QED) is 0.418. The van der Waals surface area contributed by atoms with E-state index in [1.165, 1.54) is 5.56 Å². The van der Waals surface area contributed by atoms with Gasteiger partial charge in [0, 0.05) is 35.8 Å². The highest BCUT2D eigenvalue weighted by Crippen LogP contribution is 2.23. The molecular weight excluding hydrogens is 404 g/mol. The second kappa shape index (κ2) is 10.00. The highest BCUT2D eigenvalue weighted by molar-refractivity contribution is 7.98. The molecule has 2 aromatic carbocycles. The summed E-state index contributed by atoms with van der Waals surface area (Å²) in [6.07, 6.45) is 3.46. The van der Waals surface area contributed by atoms with Gasteiger partial charge < -0.3 is 5.32 Å². The number of aryl methyl sites for hydroxylation is 1. The van der Waals surface area contributed by atoms with Crippen LogP contribution in [0.1, 0.15) is 27.0 Å². The van der Waals surface area contributed by atoms with Crippen molar-refractivity contribution in [3.63, 3.8) is 0 Å². The van der Waals surface area contributed by atoms with E-state index in [2.05, 4.69) is 51.7 Å². The van der Waals surface area contributed by atoms with E-state index in [-0.39, 0.29) is 5.91 Å². The van der Waals surface area contributed by atoms with Crippen LogP contribution in [0.5, 0.6) is 0 Å². The number of nitrogens with zero attached hydrogens (tertiary/aromatic N) is 3. The average Bonchev–Trinajstić information content (AvgIpc) is 2.83. The molecule has 4 rings (SSSR count). The number of thioether (sulfide) groups is 1. The van der Waals surface area contributed by atoms with Gasteiger partial charge >= 0.3 is 0 Å². The second-order valence-electron chi connectivity index (χ2n) is 7.15. The molecule has 0 atom stereocenters. The summed E-state index contributed by atoms with van der Waals surface area (Å²) in [4.78, 5) is 16.4. The zero-order valence-corrected chi connectivity index (χ0v) is 18.0. The maximum Gasteiger partial charge on any atom is 0.251 e. The van der Waals surface area contributed by atoms with Gasteiger partial charge in [-0.05, 0) is 48.4 Å². The normalized spacial score (nSPS) is 10.6. The maximum absolute atomic E-state index is 12.3. The number of rotatable bonds is 7. The summed E-state index contributed by atoms with van der Waals surface area (Å²) < 4.78 is 0. The molecule has 2 heterocycles. The molecule has 2 aromatic heterocycles. The number of hydrogen-bond acceptors (Lipinski definition) is 5. The Hall–Kier alpha value is -3.51. The van der Waals surface area contributed by atoms with Crippen molar-refractivity contribution in [3.8, 4) is 11.3 Å². The first-order chi connectivity index (χ1) is 15.2. The summed E-state index contributed by atoms with van der Waals surface area (Å²) in [6, 6.07) is 23.7. The summed E-state index contributed by atoms with van der Waals surface area (Å²) in [5.41, 5.74) is 5.88. The van der Waals surface area contributed by atoms with Crippen LogP contribution >= 0.6 is 11.8 Å². The molecule has 0 radical (unpaired) electrons. The fourth-order valence-corrected chi connectivity index (χ4v) is 3.74. The Balaban J connectivity index is 1.30. The minimum Gasteiger partial charge on any atom is -0.348 e. The number of hydrogen-bond donors (Lipinski definition) is 1. The Morgan fingerprint density at radius 3 is 2.39 bits per heavy atom. The largest absolute Gasteiger partial charge is 0.348 e. The van der Waals surface area contributed by atoms with E-state index in [4.69, 9.17) is 0 Å². The Labute approximate surface area is 186 Å². The fraction of sp³-hybridized carbons (Fsp3) is 0.120. The van der Waals surface area contributed by atoms with E-state index < -0.39 is 0 Å². The second-order valence-corrected chi connectivity index (χ2v) is 8.15. The van der Waals surface area contributed by atoms with Crippen LogP contribution in [-0.4, -0.2) is 21.1 Å². The number of carbonyl (C=O) groups excluding carboxylic acids is 1. The van der Waals surface area contributed by atoms with Crippen molar-refractivity contribution >= 4 is 17.7 Å². The predicted octanol–water partition coefficient (Wildman–Crippen LogP) is 5.07. The molecule has 0 aliphatic carbocycles. The lowest BCUT2D eigenvalue weighted by Crippen LogP contribution is -2.22. The van der Waals surface area contributed by atoms with Crippen molar-refractivity contribution in [3.05, 3.63) is 107 Å². The number of aromatic nitrogens is 3. The third-order valence-electron chi connectivity index (χ3n) is 4.77. The van der Waals surface area contributed by atoms with Crippen LogP contribution < -0.4 is 5.32 Å². The molecule has 0 saturated heterocycles. The standard InChI is InChI=1S/C25H22N4OS/c1-18-4-8-21(9-5-18)23-12-13-24(29-28-23)31-17-19-6-10-22(11-7-19)25(30)27-16-20-3-2-14-26-15-20/h2-15H,16-17H2,1H3,(H,27,30). The van der Waals surface area contributed by atoms with Gasteiger partial charge in [0.2, 0.25) is 0 Å². The molecule has 0 spiro atoms. The van der Waals surface area contributed by atoms with E-state index in [1.807, 2.05) is 48.5 Å². The van der Waals surface area contributed by atoms with Crippen LogP contribution in [0.4, 0.5) is 0 Å². The molecular formula is C25H22N4OS. The first-order valence-corrected chi connectivity index (χ1v) is 11.0. The summed E-state index contributed by atoms with van der Waals surface area (Å²) in [5.74, 6) is 0.663. The zero-order valence-electron chi connectivity index (χ0n) is 17.2. The van der Waals surface area contributed by atoms with Crippen molar-refractivity contribution < 1.29 is 4.79 Å². The first kappa shape index (κ1) is 20.8. The molecule has 4 aromatic rings. The third kappa shape index (κ3) is 5.77. The van der Waals surface area contributed by atoms with Crippen molar-refractivity contribution in [2.24, 2.45) is 0 Å². The Morgan fingerprint density at radius 2 is 1.71 bits per heavy atom. The Kier molecular flexibility index (Phi) is 6.69. The van der Waals surface area contributed by atoms with E-state index >= 15 is 0 Å². The van der Waals surface area contributed by atoms with Gasteiger partial charge in [-0.2, -0.15) is 0 Å². The van der Waals surface area contributed by atoms with E-state index in [0.717, 1.165) is 33.2 Å². The van der Waals surface area contributed by atoms with Crippen LogP contribution in [0, 0.1) is 6.92 Å². The molecule has 0 unspecified atom stereocenters. The minimum atomic E-state index is -0.0967. The van der Waals surface area contributed by atoms with Gasteiger partial charge in [0.25, 0.3) is 5.91 Å². The topological polar surface area (TPSA) is 67.8 Å². The molecule has 154 valence electrons. The van der Waals surface area contributed by atoms with E-state index in [9.17, 15) is 4.79 Å². The van der Waals surface area contributed by atoms with Crippen molar-refractivity contribution in [2.45, 2.75) is 24.2 Å². The lowest BCUT2D eigenvalue weighted by molar-refractivity contribution is 0.0951. The van der Waals surface area contributed by atoms with Crippen LogP contribution in [0.15, 0.2) is 90.2 Å². The van der Waals surface area contributed by atoms with Gasteiger partial charge in [0.1, 0.15) is 5.03 Å². The zero-order chi connectivity index (χ0) is 21.5. The summed E-state index contributed by atoms with van der Waals surface area (Å²) in [6.45, 7) is 2.53. The summed E-state index contributed by atoms with van der Waals surface area (Å²) >= 11 is 1.62. The van der Waals surface area contributed by atoms with Gasteiger partial charge in [0.15, 0.2) is 0 Å². The summed E-state index contributed by atoms with van der Waals surface area (Å²) in [5, 5.41) is 12.5. The Morgan fingerprint density at radius 1 is 0.903 bits per heavy atom. The SMILES string of the molecule is Cc1ccc(-c2ccc(SCc3ccc(C(=O)NCc4cccnc4)cc3)nn2)cc1. The van der Waals surface area contributed by atoms with Crippen molar-refractivity contribution in [2.75, 3.05) is 0 Å². The molecule has 0 fully saturated rings. The smallest absolute Gasteiger partial charge is 0.251 e. The van der Waals surface area contributed by atoms with Gasteiger partial charge in [0.05, 0.1) is 5.69 Å².